The molecular weight excluding hydrogens is 284 g/mol. The van der Waals surface area contributed by atoms with Crippen molar-refractivity contribution in [2.75, 3.05) is 6.54 Å². The molecule has 0 bridgehead atoms. The third-order valence-electron chi connectivity index (χ3n) is 3.31. The Bertz CT molecular complexity index is 778. The number of carbonyl (C=O) groups is 1. The highest BCUT2D eigenvalue weighted by Crippen LogP contribution is 2.14. The normalized spacial score (nSPS) is 11.0. The predicted octanol–water partition coefficient (Wildman–Crippen LogP) is 0.875. The van der Waals surface area contributed by atoms with Crippen LogP contribution in [0.4, 0.5) is 0 Å². The van der Waals surface area contributed by atoms with Crippen molar-refractivity contribution in [3.8, 4) is 0 Å². The van der Waals surface area contributed by atoms with Crippen molar-refractivity contribution >= 4 is 16.8 Å². The quantitative estimate of drug-likeness (QED) is 0.705. The molecule has 0 radical (unpaired) electrons. The van der Waals surface area contributed by atoms with Gasteiger partial charge >= 0.3 is 0 Å². The molecule has 7 nitrogen and oxygen atoms in total. The van der Waals surface area contributed by atoms with Gasteiger partial charge in [-0.2, -0.15) is 4.98 Å². The van der Waals surface area contributed by atoms with Crippen molar-refractivity contribution < 1.29 is 14.4 Å². The molecule has 3 rings (SSSR count). The Labute approximate surface area is 126 Å². The lowest BCUT2D eigenvalue weighted by Gasteiger charge is -2.06. The zero-order valence-corrected chi connectivity index (χ0v) is 11.9. The van der Waals surface area contributed by atoms with E-state index in [-0.39, 0.29) is 24.9 Å². The van der Waals surface area contributed by atoms with Crippen molar-refractivity contribution in [3.63, 3.8) is 0 Å². The number of benzene rings is 1. The number of hydrogen-bond donors (Lipinski definition) is 2. The summed E-state index contributed by atoms with van der Waals surface area (Å²) < 4.78 is 6.68. The van der Waals surface area contributed by atoms with E-state index < -0.39 is 0 Å². The number of aliphatic hydroxyl groups is 1. The molecule has 114 valence electrons. The van der Waals surface area contributed by atoms with E-state index in [1.165, 1.54) is 0 Å². The Morgan fingerprint density at radius 2 is 2.18 bits per heavy atom. The number of nitrogens with one attached hydrogen (secondary N) is 1. The van der Waals surface area contributed by atoms with E-state index in [0.717, 1.165) is 10.9 Å². The van der Waals surface area contributed by atoms with Gasteiger partial charge in [0, 0.05) is 24.7 Å². The van der Waals surface area contributed by atoms with Gasteiger partial charge in [-0.05, 0) is 17.5 Å². The second-order valence-corrected chi connectivity index (χ2v) is 4.86. The van der Waals surface area contributed by atoms with Gasteiger partial charge in [-0.15, -0.1) is 0 Å². The van der Waals surface area contributed by atoms with Crippen LogP contribution in [0.1, 0.15) is 11.7 Å². The molecule has 0 aliphatic rings. The molecule has 0 atom stereocenters. The molecule has 1 aromatic carbocycles. The Morgan fingerprint density at radius 3 is 3.00 bits per heavy atom. The number of aliphatic hydroxyl groups excluding tert-OH is 1. The third-order valence-corrected chi connectivity index (χ3v) is 3.31. The van der Waals surface area contributed by atoms with Crippen LogP contribution in [0.25, 0.3) is 10.9 Å². The minimum Gasteiger partial charge on any atom is -0.387 e. The van der Waals surface area contributed by atoms with Gasteiger partial charge in [-0.1, -0.05) is 23.4 Å². The van der Waals surface area contributed by atoms with Crippen LogP contribution in [0.3, 0.4) is 0 Å². The van der Waals surface area contributed by atoms with Gasteiger partial charge in [0.15, 0.2) is 5.82 Å². The molecule has 0 aliphatic carbocycles. The average Bonchev–Trinajstić information content (AvgIpc) is 3.15. The standard InChI is InChI=1S/C15H16N4O3/c20-10-15-17-13(18-22-15)5-7-16-14(21)9-19-8-6-11-3-1-2-4-12(11)19/h1-4,6,8,20H,5,7,9-10H2,(H,16,21). The summed E-state index contributed by atoms with van der Waals surface area (Å²) >= 11 is 0. The van der Waals surface area contributed by atoms with Crippen LogP contribution in [0.15, 0.2) is 41.1 Å². The molecule has 0 aliphatic heterocycles. The van der Waals surface area contributed by atoms with Gasteiger partial charge in [-0.3, -0.25) is 4.79 Å². The van der Waals surface area contributed by atoms with Crippen molar-refractivity contribution in [1.29, 1.82) is 0 Å². The molecule has 7 heteroatoms. The molecule has 0 saturated heterocycles. The number of hydrogen-bond acceptors (Lipinski definition) is 5. The van der Waals surface area contributed by atoms with Crippen LogP contribution in [0.2, 0.25) is 0 Å². The van der Waals surface area contributed by atoms with Crippen LogP contribution in [-0.4, -0.2) is 32.3 Å². The summed E-state index contributed by atoms with van der Waals surface area (Å²) in [5.41, 5.74) is 1.03. The number of aromatic nitrogens is 3. The largest absolute Gasteiger partial charge is 0.387 e. The van der Waals surface area contributed by atoms with Crippen LogP contribution in [-0.2, 0) is 24.4 Å². The molecule has 2 N–H and O–H groups in total. The summed E-state index contributed by atoms with van der Waals surface area (Å²) in [5, 5.41) is 16.5. The topological polar surface area (TPSA) is 93.2 Å². The molecule has 0 spiro atoms. The summed E-state index contributed by atoms with van der Waals surface area (Å²) in [6.45, 7) is 0.407. The number of rotatable bonds is 6. The molecule has 2 aromatic heterocycles. The summed E-state index contributed by atoms with van der Waals surface area (Å²) in [7, 11) is 0. The highest BCUT2D eigenvalue weighted by Gasteiger charge is 2.08. The second-order valence-electron chi connectivity index (χ2n) is 4.86. The SMILES string of the molecule is O=C(Cn1ccc2ccccc21)NCCc1noc(CO)n1. The van der Waals surface area contributed by atoms with Gasteiger partial charge in [0.25, 0.3) is 5.89 Å². The van der Waals surface area contributed by atoms with Crippen molar-refractivity contribution in [2.45, 2.75) is 19.6 Å². The molecule has 22 heavy (non-hydrogen) atoms. The Balaban J connectivity index is 1.52. The molecule has 0 fully saturated rings. The van der Waals surface area contributed by atoms with Gasteiger partial charge in [0.1, 0.15) is 13.2 Å². The third kappa shape index (κ3) is 3.15. The van der Waals surface area contributed by atoms with Crippen molar-refractivity contribution in [2.24, 2.45) is 0 Å². The molecular formula is C15H16N4O3. The van der Waals surface area contributed by atoms with E-state index >= 15 is 0 Å². The lowest BCUT2D eigenvalue weighted by Crippen LogP contribution is -2.29. The number of fused-ring (bicyclic) bond motifs is 1. The maximum Gasteiger partial charge on any atom is 0.252 e. The van der Waals surface area contributed by atoms with E-state index in [4.69, 9.17) is 9.63 Å². The van der Waals surface area contributed by atoms with Crippen LogP contribution < -0.4 is 5.32 Å². The second kappa shape index (κ2) is 6.40. The van der Waals surface area contributed by atoms with Crippen molar-refractivity contribution in [3.05, 3.63) is 48.2 Å². The Hall–Kier alpha value is -2.67. The first-order chi connectivity index (χ1) is 10.8. The fourth-order valence-corrected chi connectivity index (χ4v) is 2.26. The number of amides is 1. The number of carbonyl (C=O) groups excluding carboxylic acids is 1. The monoisotopic (exact) mass is 300 g/mol. The number of nitrogens with zero attached hydrogens (tertiary/aromatic N) is 3. The maximum atomic E-state index is 12.0. The molecule has 0 saturated carbocycles. The van der Waals surface area contributed by atoms with Crippen molar-refractivity contribution in [1.82, 2.24) is 20.0 Å². The summed E-state index contributed by atoms with van der Waals surface area (Å²) in [6, 6.07) is 9.90. The lowest BCUT2D eigenvalue weighted by molar-refractivity contribution is -0.121. The first-order valence-corrected chi connectivity index (χ1v) is 6.99. The van der Waals surface area contributed by atoms with E-state index in [0.29, 0.717) is 18.8 Å². The van der Waals surface area contributed by atoms with Crippen LogP contribution in [0, 0.1) is 0 Å². The van der Waals surface area contributed by atoms with Gasteiger partial charge in [0.05, 0.1) is 0 Å². The number of para-hydroxylation sites is 1. The van der Waals surface area contributed by atoms with Crippen LogP contribution >= 0.6 is 0 Å². The lowest BCUT2D eigenvalue weighted by atomic mass is 10.2. The minimum atomic E-state index is -0.278. The molecule has 0 unspecified atom stereocenters. The Kier molecular flexibility index (Phi) is 4.15. The first-order valence-electron chi connectivity index (χ1n) is 6.99. The zero-order chi connectivity index (χ0) is 15.4. The Morgan fingerprint density at radius 1 is 1.32 bits per heavy atom. The smallest absolute Gasteiger partial charge is 0.252 e. The van der Waals surface area contributed by atoms with Crippen LogP contribution in [0.5, 0.6) is 0 Å². The highest BCUT2D eigenvalue weighted by atomic mass is 16.5. The van der Waals surface area contributed by atoms with Gasteiger partial charge in [0.2, 0.25) is 5.91 Å². The van der Waals surface area contributed by atoms with Gasteiger partial charge < -0.3 is 19.5 Å². The highest BCUT2D eigenvalue weighted by molar-refractivity contribution is 5.83. The summed E-state index contributed by atoms with van der Waals surface area (Å²) in [6.07, 6.45) is 2.36. The van der Waals surface area contributed by atoms with E-state index in [9.17, 15) is 4.79 Å². The zero-order valence-electron chi connectivity index (χ0n) is 11.9. The summed E-state index contributed by atoms with van der Waals surface area (Å²) in [5.74, 6) is 0.572. The fraction of sp³-hybridized carbons (Fsp3) is 0.267. The van der Waals surface area contributed by atoms with E-state index in [1.807, 2.05) is 41.1 Å². The van der Waals surface area contributed by atoms with E-state index in [1.54, 1.807) is 0 Å². The average molecular weight is 300 g/mol. The first kappa shape index (κ1) is 14.3. The maximum absolute atomic E-state index is 12.0. The van der Waals surface area contributed by atoms with E-state index in [2.05, 4.69) is 15.5 Å². The fourth-order valence-electron chi connectivity index (χ4n) is 2.26. The summed E-state index contributed by atoms with van der Waals surface area (Å²) in [4.78, 5) is 15.9. The molecule has 2 heterocycles. The minimum absolute atomic E-state index is 0.0766. The molecule has 3 aromatic rings. The van der Waals surface area contributed by atoms with Gasteiger partial charge in [-0.25, -0.2) is 0 Å². The molecule has 1 amide bonds. The predicted molar refractivity (Wildman–Crippen MR) is 78.9 cm³/mol.